The van der Waals surface area contributed by atoms with Crippen LogP contribution in [0.2, 0.25) is 19.6 Å². The summed E-state index contributed by atoms with van der Waals surface area (Å²) in [5.41, 5.74) is 0. The first-order valence-corrected chi connectivity index (χ1v) is 12.3. The first-order chi connectivity index (χ1) is 9.29. The third-order valence-electron chi connectivity index (χ3n) is 3.30. The van der Waals surface area contributed by atoms with Crippen LogP contribution in [-0.2, 0) is 18.5 Å². The smallest absolute Gasteiger partial charge is 0.245 e. The van der Waals surface area contributed by atoms with Crippen LogP contribution in [0, 0.1) is 0 Å². The first-order valence-electron chi connectivity index (χ1n) is 7.24. The number of nitrogens with zero attached hydrogens (tertiary/aromatic N) is 2. The molecule has 0 bridgehead atoms. The maximum atomic E-state index is 13.6. The van der Waals surface area contributed by atoms with E-state index in [1.165, 1.54) is 0 Å². The van der Waals surface area contributed by atoms with E-state index < -0.39 is 27.4 Å². The lowest BCUT2D eigenvalue weighted by Gasteiger charge is -2.41. The van der Waals surface area contributed by atoms with Crippen LogP contribution in [0.1, 0.15) is 13.8 Å². The highest BCUT2D eigenvalue weighted by Gasteiger charge is 2.50. The van der Waals surface area contributed by atoms with Gasteiger partial charge in [-0.05, 0) is 61.7 Å². The van der Waals surface area contributed by atoms with E-state index in [0.29, 0.717) is 6.61 Å². The molecule has 1 fully saturated rings. The van der Waals surface area contributed by atoms with Crippen molar-refractivity contribution in [3.63, 3.8) is 0 Å². The molecule has 1 heterocycles. The van der Waals surface area contributed by atoms with Crippen molar-refractivity contribution >= 4 is 15.8 Å². The molecule has 21 heavy (non-hydrogen) atoms. The van der Waals surface area contributed by atoms with Crippen molar-refractivity contribution in [1.82, 2.24) is 9.34 Å². The summed E-state index contributed by atoms with van der Waals surface area (Å²) in [6, 6.07) is 0. The summed E-state index contributed by atoms with van der Waals surface area (Å²) in [6.07, 6.45) is -0.331. The summed E-state index contributed by atoms with van der Waals surface area (Å²) >= 11 is 0. The van der Waals surface area contributed by atoms with Gasteiger partial charge >= 0.3 is 0 Å². The highest BCUT2D eigenvalue weighted by Crippen LogP contribution is 2.57. The molecule has 2 atom stereocenters. The number of rotatable bonds is 6. The Morgan fingerprint density at radius 2 is 1.67 bits per heavy atom. The van der Waals surface area contributed by atoms with Gasteiger partial charge < -0.3 is 13.9 Å². The lowest BCUT2D eigenvalue weighted by Crippen LogP contribution is -2.45. The molecule has 0 aromatic heterocycles. The fourth-order valence-electron chi connectivity index (χ4n) is 2.39. The van der Waals surface area contributed by atoms with Gasteiger partial charge in [-0.3, -0.25) is 4.57 Å². The van der Waals surface area contributed by atoms with Crippen LogP contribution in [0.5, 0.6) is 0 Å². The zero-order valence-corrected chi connectivity index (χ0v) is 16.7. The summed E-state index contributed by atoms with van der Waals surface area (Å²) in [4.78, 5) is 0. The Morgan fingerprint density at radius 3 is 1.95 bits per heavy atom. The summed E-state index contributed by atoms with van der Waals surface area (Å²) in [7, 11) is 2.49. The van der Waals surface area contributed by atoms with Gasteiger partial charge in [-0.2, -0.15) is 0 Å². The van der Waals surface area contributed by atoms with Crippen molar-refractivity contribution in [2.75, 3.05) is 34.8 Å². The zero-order chi connectivity index (χ0) is 16.6. The normalized spacial score (nSPS) is 24.8. The van der Waals surface area contributed by atoms with E-state index in [1.807, 2.05) is 42.0 Å². The van der Waals surface area contributed by atoms with Crippen LogP contribution in [-0.4, -0.2) is 70.2 Å². The topological polar surface area (TPSA) is 51.2 Å². The van der Waals surface area contributed by atoms with Crippen LogP contribution >= 0.6 is 7.44 Å². The molecule has 6 nitrogen and oxygen atoms in total. The summed E-state index contributed by atoms with van der Waals surface area (Å²) in [5, 5.41) is 0. The van der Waals surface area contributed by atoms with Crippen molar-refractivity contribution in [1.29, 1.82) is 0 Å². The minimum atomic E-state index is -2.90. The molecule has 0 saturated carbocycles. The molecule has 1 unspecified atom stereocenters. The molecule has 0 aromatic carbocycles. The van der Waals surface area contributed by atoms with Crippen molar-refractivity contribution in [3.8, 4) is 0 Å². The van der Waals surface area contributed by atoms with Gasteiger partial charge in [0.05, 0.1) is 6.61 Å². The molecule has 1 aliphatic heterocycles. The summed E-state index contributed by atoms with van der Waals surface area (Å²) < 4.78 is 35.0. The second kappa shape index (κ2) is 6.39. The molecule has 0 aliphatic carbocycles. The van der Waals surface area contributed by atoms with E-state index in [2.05, 4.69) is 19.6 Å². The van der Waals surface area contributed by atoms with Crippen molar-refractivity contribution < 1.29 is 18.5 Å². The lowest BCUT2D eigenvalue weighted by atomic mass is 10.4. The van der Waals surface area contributed by atoms with Crippen molar-refractivity contribution in [2.45, 2.75) is 51.2 Å². The van der Waals surface area contributed by atoms with E-state index in [9.17, 15) is 4.57 Å². The standard InChI is InChI=1S/C13H31N2O4PSi/c1-13(2)17-10-11(18-13)12(19-21(7,8)9)20(16,14(3)4)15(5)6/h11-12H,10H2,1-9H3/t11-,12?/m1/s1. The minimum Gasteiger partial charge on any atom is -0.403 e. The molecule has 0 radical (unpaired) electrons. The average molecular weight is 338 g/mol. The molecule has 1 saturated heterocycles. The van der Waals surface area contributed by atoms with Crippen LogP contribution < -0.4 is 0 Å². The predicted molar refractivity (Wildman–Crippen MR) is 88.1 cm³/mol. The predicted octanol–water partition coefficient (Wildman–Crippen LogP) is 2.63. The molecular formula is C13H31N2O4PSi. The quantitative estimate of drug-likeness (QED) is 0.548. The zero-order valence-electron chi connectivity index (χ0n) is 14.8. The van der Waals surface area contributed by atoms with Crippen LogP contribution in [0.25, 0.3) is 0 Å². The Labute approximate surface area is 130 Å². The summed E-state index contributed by atoms with van der Waals surface area (Å²) in [6.45, 7) is 10.4. The average Bonchev–Trinajstić information content (AvgIpc) is 2.63. The van der Waals surface area contributed by atoms with Gasteiger partial charge in [-0.15, -0.1) is 0 Å². The van der Waals surface area contributed by atoms with Crippen molar-refractivity contribution in [3.05, 3.63) is 0 Å². The van der Waals surface area contributed by atoms with Crippen LogP contribution in [0.3, 0.4) is 0 Å². The van der Waals surface area contributed by atoms with Gasteiger partial charge in [0.25, 0.3) is 0 Å². The number of hydrogen-bond donors (Lipinski definition) is 0. The first kappa shape index (κ1) is 19.3. The van der Waals surface area contributed by atoms with Gasteiger partial charge in [0, 0.05) is 0 Å². The van der Waals surface area contributed by atoms with Crippen LogP contribution in [0.15, 0.2) is 0 Å². The minimum absolute atomic E-state index is 0.331. The third kappa shape index (κ3) is 4.61. The van der Waals surface area contributed by atoms with Gasteiger partial charge in [0.15, 0.2) is 19.9 Å². The molecular weight excluding hydrogens is 307 g/mol. The fraction of sp³-hybridized carbons (Fsp3) is 1.00. The van der Waals surface area contributed by atoms with E-state index in [-0.39, 0.29) is 6.10 Å². The second-order valence-corrected chi connectivity index (χ2v) is 15.0. The van der Waals surface area contributed by atoms with E-state index in [1.54, 1.807) is 9.34 Å². The molecule has 0 aromatic rings. The molecule has 1 rings (SSSR count). The lowest BCUT2D eigenvalue weighted by molar-refractivity contribution is -0.144. The highest BCUT2D eigenvalue weighted by atomic mass is 31.2. The Bertz CT molecular complexity index is 397. The van der Waals surface area contributed by atoms with Gasteiger partial charge in [-0.1, -0.05) is 0 Å². The van der Waals surface area contributed by atoms with E-state index in [0.717, 1.165) is 0 Å². The largest absolute Gasteiger partial charge is 0.403 e. The number of hydrogen-bond acceptors (Lipinski definition) is 4. The highest BCUT2D eigenvalue weighted by molar-refractivity contribution is 7.59. The van der Waals surface area contributed by atoms with Crippen molar-refractivity contribution in [2.24, 2.45) is 0 Å². The Hall–Kier alpha value is 0.247. The maximum Gasteiger partial charge on any atom is 0.245 e. The molecule has 0 N–H and O–H groups in total. The van der Waals surface area contributed by atoms with Gasteiger partial charge in [0.1, 0.15) is 6.10 Å². The van der Waals surface area contributed by atoms with Gasteiger partial charge in [-0.25, -0.2) is 9.34 Å². The Kier molecular flexibility index (Phi) is 5.88. The third-order valence-corrected chi connectivity index (χ3v) is 7.85. The second-order valence-electron chi connectivity index (χ2n) is 7.27. The molecule has 0 spiro atoms. The molecule has 126 valence electrons. The van der Waals surface area contributed by atoms with E-state index in [4.69, 9.17) is 13.9 Å². The van der Waals surface area contributed by atoms with Gasteiger partial charge in [0.2, 0.25) is 7.44 Å². The molecule has 8 heteroatoms. The molecule has 1 aliphatic rings. The SMILES string of the molecule is CN(C)P(=O)(C(O[Si](C)(C)C)[C@H]1COC(C)(C)O1)N(C)C. The fourth-order valence-corrected chi connectivity index (χ4v) is 6.97. The monoisotopic (exact) mass is 338 g/mol. The Balaban J connectivity index is 3.16. The maximum absolute atomic E-state index is 13.6. The van der Waals surface area contributed by atoms with Crippen LogP contribution in [0.4, 0.5) is 0 Å². The Morgan fingerprint density at radius 1 is 1.19 bits per heavy atom. The number of ether oxygens (including phenoxy) is 2. The molecule has 0 amide bonds. The van der Waals surface area contributed by atoms with E-state index >= 15 is 0 Å². The summed E-state index contributed by atoms with van der Waals surface area (Å²) in [5.74, 6) is -1.18.